The molecule has 0 spiro atoms. The average molecular weight is 210 g/mol. The Balaban J connectivity index is 5.30. The van der Waals surface area contributed by atoms with Gasteiger partial charge in [0.1, 0.15) is 0 Å². The first-order valence-electron chi connectivity index (χ1n) is 4.82. The summed E-state index contributed by atoms with van der Waals surface area (Å²) < 4.78 is 41.8. The molecule has 0 rings (SSSR count). The maximum atomic E-state index is 14.1. The zero-order chi connectivity index (χ0) is 12.0. The summed E-state index contributed by atoms with van der Waals surface area (Å²) in [5.74, 6) is -3.35. The second-order valence-corrected chi connectivity index (χ2v) is 6.08. The maximum Gasteiger partial charge on any atom is 0.286 e. The Hall–Kier alpha value is -0.210. The molecule has 14 heavy (non-hydrogen) atoms. The second-order valence-electron chi connectivity index (χ2n) is 6.08. The third-order valence-electron chi connectivity index (χ3n) is 2.94. The molecule has 0 amide bonds. The minimum atomic E-state index is -3.35. The van der Waals surface area contributed by atoms with Crippen molar-refractivity contribution in [2.24, 2.45) is 10.8 Å². The largest absolute Gasteiger partial charge is 0.286 e. The van der Waals surface area contributed by atoms with E-state index in [1.54, 1.807) is 0 Å². The van der Waals surface area contributed by atoms with E-state index in [4.69, 9.17) is 0 Å². The Morgan fingerprint density at radius 3 is 0.929 bits per heavy atom. The molecule has 0 aromatic rings. The van der Waals surface area contributed by atoms with Gasteiger partial charge in [-0.15, -0.1) is 0 Å². The van der Waals surface area contributed by atoms with Gasteiger partial charge in [0.25, 0.3) is 5.92 Å². The van der Waals surface area contributed by atoms with Crippen molar-refractivity contribution in [1.29, 1.82) is 0 Å². The lowest BCUT2D eigenvalue weighted by atomic mass is 9.68. The molecule has 0 aliphatic carbocycles. The van der Waals surface area contributed by atoms with E-state index in [1.165, 1.54) is 41.5 Å². The Labute approximate surface area is 84.9 Å². The fourth-order valence-electron chi connectivity index (χ4n) is 1.18. The lowest BCUT2D eigenvalue weighted by molar-refractivity contribution is -0.229. The molecule has 1 atom stereocenters. The molecule has 3 heteroatoms. The van der Waals surface area contributed by atoms with Gasteiger partial charge in [-0.05, 0) is 6.92 Å². The first kappa shape index (κ1) is 13.8. The van der Waals surface area contributed by atoms with E-state index in [0.717, 1.165) is 6.92 Å². The van der Waals surface area contributed by atoms with Crippen LogP contribution in [0.2, 0.25) is 0 Å². The van der Waals surface area contributed by atoms with Crippen LogP contribution in [0.5, 0.6) is 0 Å². The highest BCUT2D eigenvalue weighted by atomic mass is 19.3. The van der Waals surface area contributed by atoms with Crippen LogP contribution in [0, 0.1) is 10.8 Å². The van der Waals surface area contributed by atoms with Crippen molar-refractivity contribution in [3.63, 3.8) is 0 Å². The van der Waals surface area contributed by atoms with E-state index >= 15 is 0 Å². The van der Waals surface area contributed by atoms with E-state index in [-0.39, 0.29) is 0 Å². The average Bonchev–Trinajstić information content (AvgIpc) is 1.81. The highest BCUT2D eigenvalue weighted by Gasteiger charge is 2.63. The van der Waals surface area contributed by atoms with Crippen molar-refractivity contribution >= 4 is 0 Å². The number of rotatable bonds is 1. The van der Waals surface area contributed by atoms with Gasteiger partial charge in [0.2, 0.25) is 0 Å². The molecule has 0 saturated heterocycles. The Kier molecular flexibility index (Phi) is 3.09. The number of hydrogen-bond donors (Lipinski definition) is 0. The Bertz CT molecular complexity index is 180. The molecule has 0 radical (unpaired) electrons. The summed E-state index contributed by atoms with van der Waals surface area (Å²) in [6, 6.07) is 0. The van der Waals surface area contributed by atoms with Gasteiger partial charge in [-0.3, -0.25) is 0 Å². The van der Waals surface area contributed by atoms with Gasteiger partial charge >= 0.3 is 0 Å². The molecule has 0 bridgehead atoms. The predicted octanol–water partition coefficient (Wildman–Crippen LogP) is 4.44. The summed E-state index contributed by atoms with van der Waals surface area (Å²) in [6.07, 6.45) is 0. The van der Waals surface area contributed by atoms with Crippen LogP contribution in [0.15, 0.2) is 0 Å². The molecule has 0 fully saturated rings. The van der Waals surface area contributed by atoms with Crippen LogP contribution < -0.4 is 0 Å². The van der Waals surface area contributed by atoms with Crippen molar-refractivity contribution in [2.75, 3.05) is 0 Å². The van der Waals surface area contributed by atoms with Crippen molar-refractivity contribution in [1.82, 2.24) is 0 Å². The van der Waals surface area contributed by atoms with Crippen LogP contribution in [0.4, 0.5) is 13.2 Å². The normalized spacial score (nSPS) is 19.3. The summed E-state index contributed by atoms with van der Waals surface area (Å²) >= 11 is 0. The smallest absolute Gasteiger partial charge is 0.237 e. The van der Waals surface area contributed by atoms with Gasteiger partial charge in [-0.2, -0.15) is 0 Å². The van der Waals surface area contributed by atoms with Crippen molar-refractivity contribution in [2.45, 2.75) is 60.1 Å². The third kappa shape index (κ3) is 1.91. The fourth-order valence-corrected chi connectivity index (χ4v) is 1.18. The standard InChI is InChI=1S/C11H21F3/c1-8(2,3)10(7,12)11(13,14)9(4,5)6/h1-7H3. The lowest BCUT2D eigenvalue weighted by Crippen LogP contribution is -2.57. The molecule has 0 N–H and O–H groups in total. The molecule has 0 aromatic carbocycles. The van der Waals surface area contributed by atoms with E-state index in [2.05, 4.69) is 0 Å². The molecule has 0 heterocycles. The van der Waals surface area contributed by atoms with E-state index < -0.39 is 22.4 Å². The van der Waals surface area contributed by atoms with Crippen LogP contribution >= 0.6 is 0 Å². The maximum absolute atomic E-state index is 14.1. The molecule has 0 saturated carbocycles. The molecule has 0 aromatic heterocycles. The number of alkyl halides is 3. The highest BCUT2D eigenvalue weighted by Crippen LogP contribution is 2.53. The van der Waals surface area contributed by atoms with Crippen LogP contribution in [0.1, 0.15) is 48.5 Å². The van der Waals surface area contributed by atoms with Crippen LogP contribution in [-0.2, 0) is 0 Å². The summed E-state index contributed by atoms with van der Waals surface area (Å²) in [4.78, 5) is 0. The Morgan fingerprint density at radius 1 is 0.571 bits per heavy atom. The molecule has 0 nitrogen and oxygen atoms in total. The predicted molar refractivity (Wildman–Crippen MR) is 53.4 cm³/mol. The molecular weight excluding hydrogens is 189 g/mol. The summed E-state index contributed by atoms with van der Waals surface area (Å²) in [6.45, 7) is 9.54. The van der Waals surface area contributed by atoms with Gasteiger partial charge in [0, 0.05) is 10.8 Å². The Morgan fingerprint density at radius 2 is 0.857 bits per heavy atom. The summed E-state index contributed by atoms with van der Waals surface area (Å²) in [5, 5.41) is 0. The van der Waals surface area contributed by atoms with Crippen molar-refractivity contribution in [3.05, 3.63) is 0 Å². The summed E-state index contributed by atoms with van der Waals surface area (Å²) in [5.41, 5.74) is -4.97. The minimum absolute atomic E-state index is 0.984. The summed E-state index contributed by atoms with van der Waals surface area (Å²) in [7, 11) is 0. The monoisotopic (exact) mass is 210 g/mol. The van der Waals surface area contributed by atoms with Crippen molar-refractivity contribution < 1.29 is 13.2 Å². The zero-order valence-electron chi connectivity index (χ0n) is 10.1. The van der Waals surface area contributed by atoms with Crippen molar-refractivity contribution in [3.8, 4) is 0 Å². The minimum Gasteiger partial charge on any atom is -0.237 e. The van der Waals surface area contributed by atoms with Gasteiger partial charge in [-0.25, -0.2) is 13.2 Å². The quantitative estimate of drug-likeness (QED) is 0.600. The number of hydrogen-bond acceptors (Lipinski definition) is 0. The van der Waals surface area contributed by atoms with E-state index in [9.17, 15) is 13.2 Å². The highest BCUT2D eigenvalue weighted by molar-refractivity contribution is 5.03. The molecule has 0 aliphatic rings. The van der Waals surface area contributed by atoms with Gasteiger partial charge < -0.3 is 0 Å². The van der Waals surface area contributed by atoms with Crippen LogP contribution in [0.25, 0.3) is 0 Å². The molecular formula is C11H21F3. The van der Waals surface area contributed by atoms with Crippen LogP contribution in [-0.4, -0.2) is 11.6 Å². The van der Waals surface area contributed by atoms with Crippen LogP contribution in [0.3, 0.4) is 0 Å². The van der Waals surface area contributed by atoms with Gasteiger partial charge in [0.05, 0.1) is 0 Å². The SMILES string of the molecule is CC(C)(C)C(C)(F)C(F)(F)C(C)(C)C. The van der Waals surface area contributed by atoms with Gasteiger partial charge in [0.15, 0.2) is 5.67 Å². The zero-order valence-corrected chi connectivity index (χ0v) is 10.1. The first-order chi connectivity index (χ1) is 5.75. The number of halogens is 3. The second kappa shape index (κ2) is 3.14. The molecule has 0 aliphatic heterocycles. The molecule has 1 unspecified atom stereocenters. The fraction of sp³-hybridized carbons (Fsp3) is 1.00. The first-order valence-corrected chi connectivity index (χ1v) is 4.82. The topological polar surface area (TPSA) is 0 Å². The van der Waals surface area contributed by atoms with Gasteiger partial charge in [-0.1, -0.05) is 41.5 Å². The van der Waals surface area contributed by atoms with E-state index in [1.807, 2.05) is 0 Å². The lowest BCUT2D eigenvalue weighted by Gasteiger charge is -2.46. The van der Waals surface area contributed by atoms with E-state index in [0.29, 0.717) is 0 Å². The molecule has 86 valence electrons. The third-order valence-corrected chi connectivity index (χ3v) is 2.94.